The maximum absolute atomic E-state index is 12.8. The van der Waals surface area contributed by atoms with Crippen LogP contribution in [0.3, 0.4) is 0 Å². The molecule has 158 valence electrons. The number of halogens is 2. The van der Waals surface area contributed by atoms with Crippen molar-refractivity contribution in [3.8, 4) is 0 Å². The van der Waals surface area contributed by atoms with E-state index in [4.69, 9.17) is 0 Å². The lowest BCUT2D eigenvalue weighted by molar-refractivity contribution is -0.136. The predicted molar refractivity (Wildman–Crippen MR) is 113 cm³/mol. The Balaban J connectivity index is 0.00000182. The van der Waals surface area contributed by atoms with Gasteiger partial charge in [-0.1, -0.05) is 12.8 Å². The van der Waals surface area contributed by atoms with E-state index in [-0.39, 0.29) is 42.7 Å². The largest absolute Gasteiger partial charge is 0.342 e. The molecule has 0 radical (unpaired) electrons. The summed E-state index contributed by atoms with van der Waals surface area (Å²) in [5, 5.41) is 3.60. The fourth-order valence-corrected chi connectivity index (χ4v) is 4.72. The number of amides is 2. The maximum Gasteiger partial charge on any atom is 0.239 e. The van der Waals surface area contributed by atoms with Crippen molar-refractivity contribution in [1.29, 1.82) is 0 Å². The summed E-state index contributed by atoms with van der Waals surface area (Å²) in [7, 11) is 0. The molecule has 0 aromatic heterocycles. The number of rotatable bonds is 5. The SMILES string of the molecule is CCN(CC)C(=O)CN1CCN(C(=O)C2CC3CCCCC3N2)CC1.Cl.Cl. The van der Waals surface area contributed by atoms with Crippen LogP contribution in [0.25, 0.3) is 0 Å². The van der Waals surface area contributed by atoms with Crippen LogP contribution in [-0.2, 0) is 9.59 Å². The number of piperazine rings is 1. The Morgan fingerprint density at radius 2 is 1.63 bits per heavy atom. The van der Waals surface area contributed by atoms with Crippen molar-refractivity contribution in [2.75, 3.05) is 45.8 Å². The van der Waals surface area contributed by atoms with Crippen LogP contribution >= 0.6 is 24.8 Å². The Morgan fingerprint density at radius 1 is 1.00 bits per heavy atom. The number of carbonyl (C=O) groups excluding carboxylic acids is 2. The van der Waals surface area contributed by atoms with E-state index >= 15 is 0 Å². The standard InChI is InChI=1S/C19H34N4O2.2ClH/c1-3-22(4-2)18(24)14-21-9-11-23(12-10-21)19(25)17-13-15-7-5-6-8-16(15)20-17;;/h15-17,20H,3-14H2,1-2H3;2*1H. The molecule has 2 saturated heterocycles. The zero-order valence-electron chi connectivity index (χ0n) is 16.7. The number of likely N-dealkylation sites (N-methyl/N-ethyl adjacent to an activating group) is 1. The van der Waals surface area contributed by atoms with Gasteiger partial charge in [-0.3, -0.25) is 14.5 Å². The summed E-state index contributed by atoms with van der Waals surface area (Å²) < 4.78 is 0. The van der Waals surface area contributed by atoms with Gasteiger partial charge in [0.25, 0.3) is 0 Å². The molecule has 8 heteroatoms. The average Bonchev–Trinajstić information content (AvgIpc) is 3.07. The minimum absolute atomic E-state index is 0. The molecule has 2 heterocycles. The van der Waals surface area contributed by atoms with E-state index in [0.29, 0.717) is 18.5 Å². The molecule has 1 saturated carbocycles. The molecule has 3 aliphatic rings. The molecular formula is C19H36Cl2N4O2. The molecule has 1 N–H and O–H groups in total. The summed E-state index contributed by atoms with van der Waals surface area (Å²) >= 11 is 0. The summed E-state index contributed by atoms with van der Waals surface area (Å²) in [5.74, 6) is 1.19. The Morgan fingerprint density at radius 3 is 2.22 bits per heavy atom. The molecule has 3 rings (SSSR count). The van der Waals surface area contributed by atoms with Crippen LogP contribution in [0.5, 0.6) is 0 Å². The van der Waals surface area contributed by atoms with Crippen LogP contribution < -0.4 is 5.32 Å². The molecule has 3 unspecified atom stereocenters. The Labute approximate surface area is 176 Å². The molecular weight excluding hydrogens is 387 g/mol. The van der Waals surface area contributed by atoms with Gasteiger partial charge in [0.2, 0.25) is 11.8 Å². The highest BCUT2D eigenvalue weighted by molar-refractivity contribution is 5.85. The van der Waals surface area contributed by atoms with Crippen molar-refractivity contribution >= 4 is 36.6 Å². The summed E-state index contributed by atoms with van der Waals surface area (Å²) in [6, 6.07) is 0.590. The highest BCUT2D eigenvalue weighted by Crippen LogP contribution is 2.33. The van der Waals surface area contributed by atoms with Crippen molar-refractivity contribution in [3.05, 3.63) is 0 Å². The first kappa shape index (κ1) is 24.5. The number of hydrogen-bond donors (Lipinski definition) is 1. The first-order chi connectivity index (χ1) is 12.1. The zero-order valence-corrected chi connectivity index (χ0v) is 18.3. The fraction of sp³-hybridized carbons (Fsp3) is 0.895. The van der Waals surface area contributed by atoms with Gasteiger partial charge >= 0.3 is 0 Å². The monoisotopic (exact) mass is 422 g/mol. The van der Waals surface area contributed by atoms with Gasteiger partial charge in [0.1, 0.15) is 0 Å². The van der Waals surface area contributed by atoms with E-state index in [1.165, 1.54) is 25.7 Å². The fourth-order valence-electron chi connectivity index (χ4n) is 4.72. The Bertz CT molecular complexity index is 468. The van der Waals surface area contributed by atoms with Gasteiger partial charge in [0, 0.05) is 45.3 Å². The van der Waals surface area contributed by atoms with Gasteiger partial charge in [-0.05, 0) is 39.0 Å². The van der Waals surface area contributed by atoms with E-state index in [2.05, 4.69) is 10.2 Å². The third-order valence-corrected chi connectivity index (χ3v) is 6.32. The Hall–Kier alpha value is -0.560. The van der Waals surface area contributed by atoms with E-state index < -0.39 is 0 Å². The van der Waals surface area contributed by atoms with Gasteiger partial charge in [-0.15, -0.1) is 24.8 Å². The van der Waals surface area contributed by atoms with Crippen LogP contribution in [0.4, 0.5) is 0 Å². The highest BCUT2D eigenvalue weighted by atomic mass is 35.5. The van der Waals surface area contributed by atoms with Crippen LogP contribution in [0, 0.1) is 5.92 Å². The molecule has 0 aromatic carbocycles. The molecule has 2 amide bonds. The van der Waals surface area contributed by atoms with Crippen LogP contribution in [0.2, 0.25) is 0 Å². The van der Waals surface area contributed by atoms with E-state index in [9.17, 15) is 9.59 Å². The lowest BCUT2D eigenvalue weighted by atomic mass is 9.85. The maximum atomic E-state index is 12.8. The third kappa shape index (κ3) is 5.96. The lowest BCUT2D eigenvalue weighted by Crippen LogP contribution is -2.55. The second-order valence-corrected chi connectivity index (χ2v) is 7.77. The minimum atomic E-state index is 0. The molecule has 3 fully saturated rings. The van der Waals surface area contributed by atoms with Crippen molar-refractivity contribution < 1.29 is 9.59 Å². The molecule has 0 spiro atoms. The molecule has 1 aliphatic carbocycles. The normalized spacial score (nSPS) is 27.9. The van der Waals surface area contributed by atoms with Gasteiger partial charge in [-0.2, -0.15) is 0 Å². The number of carbonyl (C=O) groups is 2. The number of nitrogens with zero attached hydrogens (tertiary/aromatic N) is 3. The van der Waals surface area contributed by atoms with E-state index in [1.807, 2.05) is 23.6 Å². The highest BCUT2D eigenvalue weighted by Gasteiger charge is 2.40. The molecule has 0 bridgehead atoms. The molecule has 6 nitrogen and oxygen atoms in total. The van der Waals surface area contributed by atoms with Gasteiger partial charge < -0.3 is 15.1 Å². The summed E-state index contributed by atoms with van der Waals surface area (Å²) in [4.78, 5) is 31.2. The first-order valence-corrected chi connectivity index (χ1v) is 10.2. The number of nitrogens with one attached hydrogen (secondary N) is 1. The smallest absolute Gasteiger partial charge is 0.239 e. The molecule has 27 heavy (non-hydrogen) atoms. The van der Waals surface area contributed by atoms with Crippen LogP contribution in [0.1, 0.15) is 46.0 Å². The summed E-state index contributed by atoms with van der Waals surface area (Å²) in [6.45, 7) is 9.16. The van der Waals surface area contributed by atoms with Gasteiger partial charge in [0.15, 0.2) is 0 Å². The van der Waals surface area contributed by atoms with Crippen molar-refractivity contribution in [2.45, 2.75) is 58.0 Å². The molecule has 0 aromatic rings. The first-order valence-electron chi connectivity index (χ1n) is 10.2. The van der Waals surface area contributed by atoms with E-state index in [1.54, 1.807) is 0 Å². The van der Waals surface area contributed by atoms with Crippen molar-refractivity contribution in [2.24, 2.45) is 5.92 Å². The molecule has 2 aliphatic heterocycles. The van der Waals surface area contributed by atoms with Gasteiger partial charge in [-0.25, -0.2) is 0 Å². The van der Waals surface area contributed by atoms with Gasteiger partial charge in [0.05, 0.1) is 12.6 Å². The topological polar surface area (TPSA) is 55.9 Å². The zero-order chi connectivity index (χ0) is 17.8. The van der Waals surface area contributed by atoms with E-state index in [0.717, 1.165) is 45.7 Å². The predicted octanol–water partition coefficient (Wildman–Crippen LogP) is 1.76. The second-order valence-electron chi connectivity index (χ2n) is 7.77. The van der Waals surface area contributed by atoms with Crippen LogP contribution in [0.15, 0.2) is 0 Å². The van der Waals surface area contributed by atoms with Crippen molar-refractivity contribution in [3.63, 3.8) is 0 Å². The summed E-state index contributed by atoms with van der Waals surface area (Å²) in [6.07, 6.45) is 6.15. The molecule has 3 atom stereocenters. The van der Waals surface area contributed by atoms with Crippen molar-refractivity contribution in [1.82, 2.24) is 20.0 Å². The lowest BCUT2D eigenvalue weighted by Gasteiger charge is -2.36. The minimum Gasteiger partial charge on any atom is -0.342 e. The quantitative estimate of drug-likeness (QED) is 0.733. The average molecular weight is 423 g/mol. The third-order valence-electron chi connectivity index (χ3n) is 6.32. The summed E-state index contributed by atoms with van der Waals surface area (Å²) in [5.41, 5.74) is 0. The van der Waals surface area contributed by atoms with Crippen LogP contribution in [-0.4, -0.2) is 84.4 Å². The Kier molecular flexibility index (Phi) is 10.4. The second kappa shape index (κ2) is 11.4. The number of fused-ring (bicyclic) bond motifs is 1. The number of hydrogen-bond acceptors (Lipinski definition) is 4.